The maximum absolute atomic E-state index is 15.4. The number of nitrogens with zero attached hydrogens (tertiary/aromatic N) is 3. The molecule has 0 aliphatic carbocycles. The Morgan fingerprint density at radius 1 is 1.15 bits per heavy atom. The van der Waals surface area contributed by atoms with Gasteiger partial charge in [-0.2, -0.15) is 22.0 Å². The predicted molar refractivity (Wildman–Crippen MR) is 152 cm³/mol. The number of ether oxygens (including phenoxy) is 3. The Morgan fingerprint density at radius 2 is 1.91 bits per heavy atom. The minimum absolute atomic E-state index is 0.0343. The van der Waals surface area contributed by atoms with Gasteiger partial charge < -0.3 is 23.9 Å². The van der Waals surface area contributed by atoms with E-state index in [9.17, 15) is 36.2 Å². The van der Waals surface area contributed by atoms with Crippen molar-refractivity contribution < 1.29 is 54.8 Å². The first kappa shape index (κ1) is 32.6. The van der Waals surface area contributed by atoms with Crippen LogP contribution < -0.4 is 9.47 Å². The highest BCUT2D eigenvalue weighted by molar-refractivity contribution is 5.93. The Morgan fingerprint density at radius 3 is 2.55 bits per heavy atom. The average Bonchev–Trinajstić information content (AvgIpc) is 3.32. The monoisotopic (exact) mass is 667 g/mol. The number of alkyl halides is 5. The van der Waals surface area contributed by atoms with Crippen LogP contribution in [0.4, 0.5) is 30.7 Å². The summed E-state index contributed by atoms with van der Waals surface area (Å²) in [4.78, 5) is 18.2. The summed E-state index contributed by atoms with van der Waals surface area (Å²) in [6.07, 6.45) is -4.02. The molecule has 0 saturated carbocycles. The third kappa shape index (κ3) is 6.59. The van der Waals surface area contributed by atoms with Gasteiger partial charge in [-0.1, -0.05) is 0 Å². The summed E-state index contributed by atoms with van der Waals surface area (Å²) in [6, 6.07) is 7.25. The number of carbonyl (C=O) groups is 1. The molecular formula is C32H28F7N3O5. The molecule has 2 aliphatic rings. The predicted octanol–water partition coefficient (Wildman–Crippen LogP) is 7.12. The first-order chi connectivity index (χ1) is 22.3. The van der Waals surface area contributed by atoms with Gasteiger partial charge in [0.25, 0.3) is 0 Å². The summed E-state index contributed by atoms with van der Waals surface area (Å²) in [6.45, 7) is -0.701. The van der Waals surface area contributed by atoms with Gasteiger partial charge in [0.2, 0.25) is 0 Å². The number of fused-ring (bicyclic) bond motifs is 2. The minimum atomic E-state index is -4.79. The summed E-state index contributed by atoms with van der Waals surface area (Å²) in [7, 11) is 0. The Balaban J connectivity index is 1.29. The molecule has 47 heavy (non-hydrogen) atoms. The van der Waals surface area contributed by atoms with Crippen molar-refractivity contribution in [1.29, 1.82) is 0 Å². The van der Waals surface area contributed by atoms with Gasteiger partial charge in [0, 0.05) is 30.8 Å². The molecule has 6 rings (SSSR count). The molecule has 4 aromatic rings. The molecule has 1 N–H and O–H groups in total. The molecule has 3 heterocycles. The van der Waals surface area contributed by atoms with E-state index in [2.05, 4.69) is 9.72 Å². The SMILES string of the molecule is C[C@H]1c2cc(OCc3ccc(OC(F)F)cc3F)c(C(F)(F)F)cc2CCN1Cc1nc2ccc(C(=O)O)c(F)c2n1C[C@@H]1CCO1. The number of hydrogen-bond acceptors (Lipinski definition) is 6. The third-order valence-corrected chi connectivity index (χ3v) is 8.53. The molecule has 0 unspecified atom stereocenters. The molecule has 2 atom stereocenters. The van der Waals surface area contributed by atoms with E-state index < -0.39 is 65.7 Å². The number of carboxylic acid groups (broad SMARTS) is 1. The van der Waals surface area contributed by atoms with Gasteiger partial charge in [-0.3, -0.25) is 4.90 Å². The van der Waals surface area contributed by atoms with Crippen molar-refractivity contribution in [3.63, 3.8) is 0 Å². The Labute approximate surface area is 263 Å². The van der Waals surface area contributed by atoms with E-state index in [1.54, 1.807) is 11.5 Å². The van der Waals surface area contributed by atoms with Crippen LogP contribution in [0.2, 0.25) is 0 Å². The highest BCUT2D eigenvalue weighted by Gasteiger charge is 2.37. The molecule has 15 heteroatoms. The van der Waals surface area contributed by atoms with Crippen molar-refractivity contribution in [3.05, 3.63) is 87.7 Å². The normalized spacial score (nSPS) is 18.3. The molecular weight excluding hydrogens is 639 g/mol. The van der Waals surface area contributed by atoms with E-state index in [1.807, 2.05) is 4.90 Å². The fourth-order valence-electron chi connectivity index (χ4n) is 5.96. The molecule has 2 aliphatic heterocycles. The summed E-state index contributed by atoms with van der Waals surface area (Å²) in [5.41, 5.74) is -0.427. The lowest BCUT2D eigenvalue weighted by molar-refractivity contribution is -0.139. The molecule has 1 saturated heterocycles. The average molecular weight is 668 g/mol. The van der Waals surface area contributed by atoms with Gasteiger partial charge in [0.15, 0.2) is 5.82 Å². The summed E-state index contributed by atoms with van der Waals surface area (Å²) in [5, 5.41) is 9.47. The fraction of sp³-hybridized carbons (Fsp3) is 0.375. The van der Waals surface area contributed by atoms with Crippen molar-refractivity contribution in [2.24, 2.45) is 0 Å². The zero-order valence-corrected chi connectivity index (χ0v) is 24.8. The largest absolute Gasteiger partial charge is 0.488 e. The van der Waals surface area contributed by atoms with Crippen LogP contribution in [0.3, 0.4) is 0 Å². The van der Waals surface area contributed by atoms with E-state index in [-0.39, 0.29) is 42.2 Å². The van der Waals surface area contributed by atoms with Crippen LogP contribution in [0.15, 0.2) is 42.5 Å². The number of aromatic nitrogens is 2. The number of aromatic carboxylic acids is 1. The van der Waals surface area contributed by atoms with Gasteiger partial charge in [0.05, 0.1) is 35.8 Å². The second-order valence-electron chi connectivity index (χ2n) is 11.4. The van der Waals surface area contributed by atoms with Crippen LogP contribution in [-0.4, -0.2) is 51.4 Å². The molecule has 3 aromatic carbocycles. The van der Waals surface area contributed by atoms with Crippen LogP contribution in [0.1, 0.15) is 57.8 Å². The number of halogens is 7. The first-order valence-corrected chi connectivity index (χ1v) is 14.7. The van der Waals surface area contributed by atoms with Gasteiger partial charge in [-0.25, -0.2) is 18.6 Å². The Hall–Kier alpha value is -4.37. The quantitative estimate of drug-likeness (QED) is 0.180. The second kappa shape index (κ2) is 12.7. The lowest BCUT2D eigenvalue weighted by Crippen LogP contribution is -2.36. The second-order valence-corrected chi connectivity index (χ2v) is 11.4. The Kier molecular flexibility index (Phi) is 8.78. The molecule has 1 aromatic heterocycles. The van der Waals surface area contributed by atoms with E-state index in [1.165, 1.54) is 12.1 Å². The summed E-state index contributed by atoms with van der Waals surface area (Å²) in [5.74, 6) is -3.87. The van der Waals surface area contributed by atoms with Crippen molar-refractivity contribution in [2.75, 3.05) is 13.2 Å². The molecule has 250 valence electrons. The molecule has 0 spiro atoms. The van der Waals surface area contributed by atoms with Crippen LogP contribution in [0.5, 0.6) is 11.5 Å². The van der Waals surface area contributed by atoms with Crippen LogP contribution in [0.25, 0.3) is 11.0 Å². The third-order valence-electron chi connectivity index (χ3n) is 8.53. The van der Waals surface area contributed by atoms with Gasteiger partial charge in [-0.05, 0) is 67.3 Å². The van der Waals surface area contributed by atoms with Crippen LogP contribution in [0, 0.1) is 11.6 Å². The number of imidazole rings is 1. The van der Waals surface area contributed by atoms with Crippen molar-refractivity contribution in [3.8, 4) is 11.5 Å². The topological polar surface area (TPSA) is 86.0 Å². The van der Waals surface area contributed by atoms with Crippen molar-refractivity contribution in [2.45, 2.75) is 64.4 Å². The van der Waals surface area contributed by atoms with Crippen molar-refractivity contribution in [1.82, 2.24) is 14.5 Å². The highest BCUT2D eigenvalue weighted by Crippen LogP contribution is 2.42. The molecule has 8 nitrogen and oxygen atoms in total. The molecule has 0 bridgehead atoms. The zero-order chi connectivity index (χ0) is 33.6. The summed E-state index contributed by atoms with van der Waals surface area (Å²) >= 11 is 0. The van der Waals surface area contributed by atoms with Crippen LogP contribution in [-0.2, 0) is 37.0 Å². The maximum Gasteiger partial charge on any atom is 0.419 e. The van der Waals surface area contributed by atoms with Gasteiger partial charge in [0.1, 0.15) is 35.3 Å². The van der Waals surface area contributed by atoms with Crippen LogP contribution >= 0.6 is 0 Å². The van der Waals surface area contributed by atoms with Crippen molar-refractivity contribution >= 4 is 17.0 Å². The summed E-state index contributed by atoms with van der Waals surface area (Å²) < 4.78 is 114. The Bertz CT molecular complexity index is 1820. The molecule has 0 amide bonds. The van der Waals surface area contributed by atoms with E-state index in [0.717, 1.165) is 30.7 Å². The smallest absolute Gasteiger partial charge is 0.419 e. The number of rotatable bonds is 10. The minimum Gasteiger partial charge on any atom is -0.488 e. The number of benzene rings is 3. The fourth-order valence-corrected chi connectivity index (χ4v) is 5.96. The highest BCUT2D eigenvalue weighted by atomic mass is 19.4. The zero-order valence-electron chi connectivity index (χ0n) is 24.8. The lowest BCUT2D eigenvalue weighted by atomic mass is 9.91. The van der Waals surface area contributed by atoms with Gasteiger partial charge >= 0.3 is 18.8 Å². The first-order valence-electron chi connectivity index (χ1n) is 14.7. The lowest BCUT2D eigenvalue weighted by Gasteiger charge is -2.36. The number of hydrogen-bond donors (Lipinski definition) is 1. The van der Waals surface area contributed by atoms with Gasteiger partial charge in [-0.15, -0.1) is 0 Å². The molecule has 0 radical (unpaired) electrons. The number of carboxylic acids is 1. The maximum atomic E-state index is 15.4. The van der Waals surface area contributed by atoms with E-state index >= 15 is 4.39 Å². The standard InChI is InChI=1S/C32H28F7N3O5/c1-16-22-12-26(46-15-18-2-3-19(11-24(18)33)47-31(35)36)23(32(37,38)39)10-17(22)6-8-41(16)14-27-40-25-5-4-21(30(43)44)28(34)29(25)42(27)13-20-7-9-45-20/h2-5,10-12,16,20,31H,6-9,13-15H2,1H3,(H,43,44)/t16-,20-/m0/s1. The van der Waals surface area contributed by atoms with E-state index in [0.29, 0.717) is 36.2 Å². The van der Waals surface area contributed by atoms with E-state index in [4.69, 9.17) is 9.47 Å². The molecule has 1 fully saturated rings.